The van der Waals surface area contributed by atoms with Gasteiger partial charge in [0, 0.05) is 0 Å². The Morgan fingerprint density at radius 2 is 2.08 bits per heavy atom. The molecule has 0 saturated carbocycles. The second-order valence-corrected chi connectivity index (χ2v) is 2.43. The van der Waals surface area contributed by atoms with Gasteiger partial charge in [-0.25, -0.2) is 0 Å². The van der Waals surface area contributed by atoms with Crippen molar-refractivity contribution in [3.05, 3.63) is 36.9 Å². The maximum absolute atomic E-state index is 5.03. The number of rotatable bonds is 5. The van der Waals surface area contributed by atoms with Gasteiger partial charge in [0.2, 0.25) is 0 Å². The molecule has 0 radical (unpaired) electrons. The van der Waals surface area contributed by atoms with Crippen LogP contribution in [0.4, 0.5) is 5.69 Å². The Labute approximate surface area is 77.9 Å². The maximum Gasteiger partial charge on any atom is 0.119 e. The fourth-order valence-electron chi connectivity index (χ4n) is 0.843. The molecular formula is C10H13NO2. The summed E-state index contributed by atoms with van der Waals surface area (Å²) in [5.74, 6) is 0.828. The van der Waals surface area contributed by atoms with Gasteiger partial charge in [0.1, 0.15) is 5.75 Å². The predicted octanol–water partition coefficient (Wildman–Crippen LogP) is 2.22. The van der Waals surface area contributed by atoms with Crippen molar-refractivity contribution in [1.82, 2.24) is 0 Å². The van der Waals surface area contributed by atoms with Crippen LogP contribution in [0, 0.1) is 0 Å². The van der Waals surface area contributed by atoms with Gasteiger partial charge in [0.15, 0.2) is 0 Å². The summed E-state index contributed by atoms with van der Waals surface area (Å²) in [6, 6.07) is 7.48. The predicted molar refractivity (Wildman–Crippen MR) is 52.8 cm³/mol. The minimum atomic E-state index is 0.478. The normalized spacial score (nSPS) is 9.31. The molecule has 3 heteroatoms. The molecule has 0 bridgehead atoms. The standard InChI is InChI=1S/C10H13NO2/c1-3-8-13-11-9-4-6-10(12-2)7-5-9/h3-7,11H,1,8H2,2H3. The van der Waals surface area contributed by atoms with E-state index in [1.54, 1.807) is 13.2 Å². The zero-order valence-corrected chi connectivity index (χ0v) is 7.62. The van der Waals surface area contributed by atoms with Gasteiger partial charge in [-0.2, -0.15) is 0 Å². The first-order chi connectivity index (χ1) is 6.36. The largest absolute Gasteiger partial charge is 0.497 e. The van der Waals surface area contributed by atoms with E-state index in [1.807, 2.05) is 24.3 Å². The first-order valence-electron chi connectivity index (χ1n) is 3.99. The second-order valence-electron chi connectivity index (χ2n) is 2.43. The van der Waals surface area contributed by atoms with Gasteiger partial charge in [0.25, 0.3) is 0 Å². The van der Waals surface area contributed by atoms with E-state index in [9.17, 15) is 0 Å². The van der Waals surface area contributed by atoms with Crippen LogP contribution >= 0.6 is 0 Å². The Balaban J connectivity index is 2.44. The number of nitrogens with one attached hydrogen (secondary N) is 1. The fourth-order valence-corrected chi connectivity index (χ4v) is 0.843. The molecule has 13 heavy (non-hydrogen) atoms. The molecule has 0 spiro atoms. The number of hydrogen-bond donors (Lipinski definition) is 1. The molecule has 0 aliphatic heterocycles. The smallest absolute Gasteiger partial charge is 0.119 e. The van der Waals surface area contributed by atoms with E-state index in [4.69, 9.17) is 9.57 Å². The maximum atomic E-state index is 5.03. The molecule has 0 saturated heterocycles. The van der Waals surface area contributed by atoms with Crippen LogP contribution in [-0.2, 0) is 4.84 Å². The highest BCUT2D eigenvalue weighted by Gasteiger charge is 1.91. The average Bonchev–Trinajstić information content (AvgIpc) is 2.19. The molecule has 1 rings (SSSR count). The van der Waals surface area contributed by atoms with Gasteiger partial charge in [-0.1, -0.05) is 6.08 Å². The Morgan fingerprint density at radius 1 is 1.38 bits per heavy atom. The highest BCUT2D eigenvalue weighted by Crippen LogP contribution is 2.14. The fraction of sp³-hybridized carbons (Fsp3) is 0.200. The molecule has 1 aromatic rings. The van der Waals surface area contributed by atoms with E-state index in [2.05, 4.69) is 12.1 Å². The number of benzene rings is 1. The van der Waals surface area contributed by atoms with Crippen LogP contribution in [0.1, 0.15) is 0 Å². The van der Waals surface area contributed by atoms with Gasteiger partial charge >= 0.3 is 0 Å². The van der Waals surface area contributed by atoms with Crippen molar-refractivity contribution in [2.24, 2.45) is 0 Å². The van der Waals surface area contributed by atoms with Crippen molar-refractivity contribution in [2.45, 2.75) is 0 Å². The lowest BCUT2D eigenvalue weighted by molar-refractivity contribution is 0.228. The van der Waals surface area contributed by atoms with Gasteiger partial charge in [0.05, 0.1) is 19.4 Å². The van der Waals surface area contributed by atoms with Crippen molar-refractivity contribution < 1.29 is 9.57 Å². The molecule has 0 amide bonds. The Bertz CT molecular complexity index is 256. The molecule has 70 valence electrons. The number of ether oxygens (including phenoxy) is 1. The van der Waals surface area contributed by atoms with Crippen LogP contribution in [-0.4, -0.2) is 13.7 Å². The van der Waals surface area contributed by atoms with Crippen molar-refractivity contribution in [3.63, 3.8) is 0 Å². The van der Waals surface area contributed by atoms with E-state index >= 15 is 0 Å². The summed E-state index contributed by atoms with van der Waals surface area (Å²) in [7, 11) is 1.64. The summed E-state index contributed by atoms with van der Waals surface area (Å²) >= 11 is 0. The van der Waals surface area contributed by atoms with Crippen LogP contribution in [0.5, 0.6) is 5.75 Å². The van der Waals surface area contributed by atoms with E-state index in [-0.39, 0.29) is 0 Å². The summed E-state index contributed by atoms with van der Waals surface area (Å²) in [6.07, 6.45) is 1.68. The summed E-state index contributed by atoms with van der Waals surface area (Å²) in [6.45, 7) is 4.01. The van der Waals surface area contributed by atoms with E-state index < -0.39 is 0 Å². The third kappa shape index (κ3) is 3.17. The van der Waals surface area contributed by atoms with Crippen LogP contribution in [0.3, 0.4) is 0 Å². The highest BCUT2D eigenvalue weighted by atomic mass is 16.6. The zero-order valence-electron chi connectivity index (χ0n) is 7.62. The molecule has 0 aromatic heterocycles. The van der Waals surface area contributed by atoms with E-state index in [0.29, 0.717) is 6.61 Å². The molecule has 0 atom stereocenters. The third-order valence-electron chi connectivity index (χ3n) is 1.48. The molecule has 1 N–H and O–H groups in total. The molecule has 0 heterocycles. The lowest BCUT2D eigenvalue weighted by Gasteiger charge is -2.05. The zero-order chi connectivity index (χ0) is 9.52. The van der Waals surface area contributed by atoms with Gasteiger partial charge in [-0.15, -0.1) is 6.58 Å². The van der Waals surface area contributed by atoms with Crippen LogP contribution in [0.25, 0.3) is 0 Å². The molecular weight excluding hydrogens is 166 g/mol. The number of anilines is 1. The third-order valence-corrected chi connectivity index (χ3v) is 1.48. The summed E-state index contributed by atoms with van der Waals surface area (Å²) in [5, 5.41) is 0. The SMILES string of the molecule is C=CCONc1ccc(OC)cc1. The van der Waals surface area contributed by atoms with Crippen LogP contribution < -0.4 is 10.2 Å². The topological polar surface area (TPSA) is 30.5 Å². The highest BCUT2D eigenvalue weighted by molar-refractivity contribution is 5.44. The lowest BCUT2D eigenvalue weighted by atomic mass is 10.3. The van der Waals surface area contributed by atoms with Crippen molar-refractivity contribution >= 4 is 5.69 Å². The Morgan fingerprint density at radius 3 is 2.62 bits per heavy atom. The monoisotopic (exact) mass is 179 g/mol. The molecule has 3 nitrogen and oxygen atoms in total. The van der Waals surface area contributed by atoms with E-state index in [1.165, 1.54) is 0 Å². The Hall–Kier alpha value is -1.48. The number of methoxy groups -OCH3 is 1. The van der Waals surface area contributed by atoms with Crippen LogP contribution in [0.2, 0.25) is 0 Å². The van der Waals surface area contributed by atoms with Gasteiger partial charge in [-0.05, 0) is 24.3 Å². The Kier molecular flexibility index (Phi) is 3.85. The minimum absolute atomic E-state index is 0.478. The minimum Gasteiger partial charge on any atom is -0.497 e. The average molecular weight is 179 g/mol. The molecule has 0 aliphatic rings. The van der Waals surface area contributed by atoms with E-state index in [0.717, 1.165) is 11.4 Å². The molecule has 1 aromatic carbocycles. The van der Waals surface area contributed by atoms with Crippen LogP contribution in [0.15, 0.2) is 36.9 Å². The molecule has 0 aliphatic carbocycles. The lowest BCUT2D eigenvalue weighted by Crippen LogP contribution is -2.00. The quantitative estimate of drug-likeness (QED) is 0.427. The molecule has 0 fully saturated rings. The first kappa shape index (κ1) is 9.61. The summed E-state index contributed by atoms with van der Waals surface area (Å²) < 4.78 is 5.01. The van der Waals surface area contributed by atoms with Gasteiger partial charge < -0.3 is 4.74 Å². The molecule has 0 unspecified atom stereocenters. The summed E-state index contributed by atoms with van der Waals surface area (Å²) in [5.41, 5.74) is 3.66. The van der Waals surface area contributed by atoms with Crippen molar-refractivity contribution in [3.8, 4) is 5.75 Å². The first-order valence-corrected chi connectivity index (χ1v) is 3.99. The van der Waals surface area contributed by atoms with Crippen molar-refractivity contribution in [1.29, 1.82) is 0 Å². The number of hydrogen-bond acceptors (Lipinski definition) is 3. The second kappa shape index (κ2) is 5.22. The van der Waals surface area contributed by atoms with Crippen molar-refractivity contribution in [2.75, 3.05) is 19.2 Å². The summed E-state index contributed by atoms with van der Waals surface area (Å²) in [4.78, 5) is 5.03. The van der Waals surface area contributed by atoms with Gasteiger partial charge in [-0.3, -0.25) is 10.3 Å².